The fraction of sp³-hybridized carbons (Fsp3) is 0.571. The Balaban J connectivity index is 2.12. The molecular weight excluding hydrogens is 214 g/mol. The van der Waals surface area contributed by atoms with E-state index in [0.29, 0.717) is 6.54 Å². The first-order valence-corrected chi connectivity index (χ1v) is 6.19. The Kier molecular flexibility index (Phi) is 4.02. The van der Waals surface area contributed by atoms with Gasteiger partial charge in [0.25, 0.3) is 0 Å². The number of nitrogens with one attached hydrogen (secondary N) is 1. The van der Waals surface area contributed by atoms with E-state index >= 15 is 0 Å². The monoisotopic (exact) mass is 235 g/mol. The molecule has 1 aliphatic rings. The van der Waals surface area contributed by atoms with Gasteiger partial charge in [0.2, 0.25) is 0 Å². The van der Waals surface area contributed by atoms with Crippen molar-refractivity contribution in [1.29, 1.82) is 0 Å². The third kappa shape index (κ3) is 3.45. The number of hydrogen-bond donors (Lipinski definition) is 1. The Labute approximate surface area is 103 Å². The highest BCUT2D eigenvalue weighted by atomic mass is 16.6. The van der Waals surface area contributed by atoms with E-state index in [-0.39, 0.29) is 0 Å². The molecule has 1 aliphatic carbocycles. The SMILES string of the molecule is CONCc1cc(C)cc(C)c1OCC1CC1. The summed E-state index contributed by atoms with van der Waals surface area (Å²) in [5, 5.41) is 0. The lowest BCUT2D eigenvalue weighted by molar-refractivity contribution is 0.0858. The third-order valence-electron chi connectivity index (χ3n) is 3.06. The van der Waals surface area contributed by atoms with Crippen LogP contribution in [0, 0.1) is 19.8 Å². The molecule has 0 spiro atoms. The van der Waals surface area contributed by atoms with Gasteiger partial charge in [0, 0.05) is 12.1 Å². The lowest BCUT2D eigenvalue weighted by atomic mass is 10.1. The van der Waals surface area contributed by atoms with Crippen molar-refractivity contribution in [3.63, 3.8) is 0 Å². The van der Waals surface area contributed by atoms with Crippen molar-refractivity contribution in [3.8, 4) is 5.75 Å². The molecule has 3 nitrogen and oxygen atoms in total. The van der Waals surface area contributed by atoms with Crippen LogP contribution >= 0.6 is 0 Å². The smallest absolute Gasteiger partial charge is 0.126 e. The van der Waals surface area contributed by atoms with Crippen LogP contribution in [0.2, 0.25) is 0 Å². The molecule has 0 atom stereocenters. The molecule has 0 aliphatic heterocycles. The van der Waals surface area contributed by atoms with Crippen molar-refractivity contribution in [2.75, 3.05) is 13.7 Å². The zero-order chi connectivity index (χ0) is 12.3. The number of hydrogen-bond acceptors (Lipinski definition) is 3. The van der Waals surface area contributed by atoms with E-state index in [0.717, 1.165) is 18.3 Å². The van der Waals surface area contributed by atoms with Gasteiger partial charge in [0.05, 0.1) is 13.7 Å². The second-order valence-corrected chi connectivity index (χ2v) is 4.85. The molecule has 1 aromatic carbocycles. The second kappa shape index (κ2) is 5.52. The molecule has 0 amide bonds. The van der Waals surface area contributed by atoms with Crippen molar-refractivity contribution in [2.24, 2.45) is 5.92 Å². The van der Waals surface area contributed by atoms with Gasteiger partial charge in [-0.3, -0.25) is 0 Å². The largest absolute Gasteiger partial charge is 0.493 e. The first-order chi connectivity index (χ1) is 8.20. The maximum Gasteiger partial charge on any atom is 0.126 e. The van der Waals surface area contributed by atoms with Crippen LogP contribution < -0.4 is 10.2 Å². The average molecular weight is 235 g/mol. The van der Waals surface area contributed by atoms with Gasteiger partial charge in [-0.2, -0.15) is 5.48 Å². The summed E-state index contributed by atoms with van der Waals surface area (Å²) in [7, 11) is 1.63. The standard InChI is InChI=1S/C14H21NO2/c1-10-6-11(2)14(17-9-12-4-5-12)13(7-10)8-15-16-3/h6-7,12,15H,4-5,8-9H2,1-3H3. The first kappa shape index (κ1) is 12.4. The Morgan fingerprint density at radius 2 is 2.06 bits per heavy atom. The van der Waals surface area contributed by atoms with Crippen LogP contribution in [0.1, 0.15) is 29.5 Å². The summed E-state index contributed by atoms with van der Waals surface area (Å²) in [5.41, 5.74) is 6.52. The Hall–Kier alpha value is -1.06. The molecule has 1 aromatic rings. The number of rotatable bonds is 6. The zero-order valence-electron chi connectivity index (χ0n) is 10.9. The molecule has 0 radical (unpaired) electrons. The molecule has 0 heterocycles. The Morgan fingerprint density at radius 3 is 2.71 bits per heavy atom. The van der Waals surface area contributed by atoms with Crippen LogP contribution in [-0.4, -0.2) is 13.7 Å². The Bertz CT molecular complexity index is 386. The lowest BCUT2D eigenvalue weighted by Crippen LogP contribution is -2.13. The van der Waals surface area contributed by atoms with Crippen LogP contribution in [-0.2, 0) is 11.4 Å². The molecule has 3 heteroatoms. The third-order valence-corrected chi connectivity index (χ3v) is 3.06. The van der Waals surface area contributed by atoms with Crippen LogP contribution in [0.25, 0.3) is 0 Å². The van der Waals surface area contributed by atoms with E-state index in [2.05, 4.69) is 31.5 Å². The highest BCUT2D eigenvalue weighted by Crippen LogP contribution is 2.32. The first-order valence-electron chi connectivity index (χ1n) is 6.19. The molecule has 1 saturated carbocycles. The highest BCUT2D eigenvalue weighted by molar-refractivity contribution is 5.43. The minimum Gasteiger partial charge on any atom is -0.493 e. The van der Waals surface area contributed by atoms with E-state index in [1.807, 2.05) is 0 Å². The van der Waals surface area contributed by atoms with E-state index in [4.69, 9.17) is 9.57 Å². The molecule has 0 saturated heterocycles. The minimum absolute atomic E-state index is 0.680. The predicted octanol–water partition coefficient (Wildman–Crippen LogP) is 2.74. The van der Waals surface area contributed by atoms with Gasteiger partial charge in [-0.15, -0.1) is 0 Å². The van der Waals surface area contributed by atoms with Gasteiger partial charge < -0.3 is 9.57 Å². The zero-order valence-corrected chi connectivity index (χ0v) is 10.9. The molecule has 1 N–H and O–H groups in total. The van der Waals surface area contributed by atoms with Crippen LogP contribution in [0.3, 0.4) is 0 Å². The number of aryl methyl sites for hydroxylation is 2. The molecule has 17 heavy (non-hydrogen) atoms. The van der Waals surface area contributed by atoms with Crippen molar-refractivity contribution in [1.82, 2.24) is 5.48 Å². The summed E-state index contributed by atoms with van der Waals surface area (Å²) in [6.45, 7) is 5.74. The Morgan fingerprint density at radius 1 is 1.29 bits per heavy atom. The van der Waals surface area contributed by atoms with Gasteiger partial charge in [-0.05, 0) is 38.2 Å². The predicted molar refractivity (Wildman–Crippen MR) is 68.0 cm³/mol. The minimum atomic E-state index is 0.680. The van der Waals surface area contributed by atoms with Crippen molar-refractivity contribution >= 4 is 0 Å². The fourth-order valence-electron chi connectivity index (χ4n) is 2.02. The van der Waals surface area contributed by atoms with E-state index < -0.39 is 0 Å². The van der Waals surface area contributed by atoms with Gasteiger partial charge in [0.1, 0.15) is 5.75 Å². The molecule has 1 fully saturated rings. The maximum atomic E-state index is 5.95. The summed E-state index contributed by atoms with van der Waals surface area (Å²) in [6.07, 6.45) is 2.63. The van der Waals surface area contributed by atoms with E-state index in [1.54, 1.807) is 7.11 Å². The average Bonchev–Trinajstić information content (AvgIpc) is 3.08. The van der Waals surface area contributed by atoms with Gasteiger partial charge in [-0.25, -0.2) is 0 Å². The maximum absolute atomic E-state index is 5.95. The molecule has 94 valence electrons. The molecule has 2 rings (SSSR count). The normalized spacial score (nSPS) is 15.0. The lowest BCUT2D eigenvalue weighted by Gasteiger charge is -2.15. The summed E-state index contributed by atoms with van der Waals surface area (Å²) in [6, 6.07) is 4.32. The summed E-state index contributed by atoms with van der Waals surface area (Å²) in [4.78, 5) is 4.91. The second-order valence-electron chi connectivity index (χ2n) is 4.85. The van der Waals surface area contributed by atoms with Gasteiger partial charge in [0.15, 0.2) is 0 Å². The highest BCUT2D eigenvalue weighted by Gasteiger charge is 2.22. The molecule has 0 unspecified atom stereocenters. The number of ether oxygens (including phenoxy) is 1. The molecule has 0 bridgehead atoms. The quantitative estimate of drug-likeness (QED) is 0.769. The summed E-state index contributed by atoms with van der Waals surface area (Å²) >= 11 is 0. The van der Waals surface area contributed by atoms with Crippen molar-refractivity contribution in [2.45, 2.75) is 33.2 Å². The van der Waals surface area contributed by atoms with Crippen molar-refractivity contribution in [3.05, 3.63) is 28.8 Å². The molecular formula is C14H21NO2. The molecule has 0 aromatic heterocycles. The summed E-state index contributed by atoms with van der Waals surface area (Å²) < 4.78 is 5.95. The fourth-order valence-corrected chi connectivity index (χ4v) is 2.02. The van der Waals surface area contributed by atoms with Gasteiger partial charge in [-0.1, -0.05) is 17.7 Å². The topological polar surface area (TPSA) is 30.5 Å². The van der Waals surface area contributed by atoms with Crippen LogP contribution in [0.15, 0.2) is 12.1 Å². The van der Waals surface area contributed by atoms with Crippen molar-refractivity contribution < 1.29 is 9.57 Å². The van der Waals surface area contributed by atoms with E-state index in [9.17, 15) is 0 Å². The van der Waals surface area contributed by atoms with E-state index in [1.165, 1.54) is 29.5 Å². The van der Waals surface area contributed by atoms with Crippen LogP contribution in [0.5, 0.6) is 5.75 Å². The number of hydroxylamine groups is 1. The van der Waals surface area contributed by atoms with Crippen LogP contribution in [0.4, 0.5) is 0 Å². The summed E-state index contributed by atoms with van der Waals surface area (Å²) in [5.74, 6) is 1.80. The van der Waals surface area contributed by atoms with Gasteiger partial charge >= 0.3 is 0 Å². The number of benzene rings is 1.